The maximum atomic E-state index is 2.60. The van der Waals surface area contributed by atoms with Crippen molar-refractivity contribution in [1.82, 2.24) is 9.13 Å². The van der Waals surface area contributed by atoms with Gasteiger partial charge in [0.15, 0.2) is 0 Å². The standard InChI is InChI=1S/C48H27BN2S3/c1-2-14-28(15-3-1)50-35-21-9-4-16-30(35)42-46-43(48-44(47(42)50)32-18-6-11-23-37(32)54-48)31-17-5-10-22-36(31)51(46)29-26-40-45-41(27-29)53-39-25-13-8-20-34(39)49(45)33-19-7-12-24-38(33)52-40/h1-27H. The average molecular weight is 739 g/mol. The van der Waals surface area contributed by atoms with Gasteiger partial charge in [-0.1, -0.05) is 144 Å². The minimum atomic E-state index is 0.228. The van der Waals surface area contributed by atoms with Gasteiger partial charge < -0.3 is 9.13 Å². The fourth-order valence-electron chi connectivity index (χ4n) is 9.50. The summed E-state index contributed by atoms with van der Waals surface area (Å²) < 4.78 is 7.79. The number of hydrogen-bond donors (Lipinski definition) is 0. The largest absolute Gasteiger partial charge is 0.308 e. The van der Waals surface area contributed by atoms with Crippen LogP contribution < -0.4 is 16.4 Å². The molecule has 2 aliphatic heterocycles. The van der Waals surface area contributed by atoms with E-state index in [2.05, 4.69) is 173 Å². The number of fused-ring (bicyclic) bond motifs is 16. The second-order valence-corrected chi connectivity index (χ2v) is 17.6. The molecular formula is C48H27BN2S3. The molecular weight excluding hydrogens is 712 g/mol. The van der Waals surface area contributed by atoms with Gasteiger partial charge in [-0.05, 0) is 60.1 Å². The predicted molar refractivity (Wildman–Crippen MR) is 234 cm³/mol. The summed E-state index contributed by atoms with van der Waals surface area (Å²) in [7, 11) is 0. The number of thiophene rings is 1. The molecule has 0 bridgehead atoms. The topological polar surface area (TPSA) is 9.86 Å². The van der Waals surface area contributed by atoms with Crippen molar-refractivity contribution in [3.05, 3.63) is 164 Å². The summed E-state index contributed by atoms with van der Waals surface area (Å²) in [5.41, 5.74) is 11.7. The van der Waals surface area contributed by atoms with E-state index in [1.807, 2.05) is 34.9 Å². The fraction of sp³-hybridized carbons (Fsp3) is 0. The molecule has 0 saturated heterocycles. The summed E-state index contributed by atoms with van der Waals surface area (Å²) in [6.07, 6.45) is 0. The van der Waals surface area contributed by atoms with Crippen molar-refractivity contribution in [2.75, 3.05) is 0 Å². The van der Waals surface area contributed by atoms with Crippen LogP contribution >= 0.6 is 34.9 Å². The highest BCUT2D eigenvalue weighted by atomic mass is 32.2. The van der Waals surface area contributed by atoms with Gasteiger partial charge in [-0.25, -0.2) is 0 Å². The number of benzene rings is 8. The average Bonchev–Trinajstić information content (AvgIpc) is 3.89. The van der Waals surface area contributed by atoms with Crippen LogP contribution in [0.25, 0.3) is 75.2 Å². The van der Waals surface area contributed by atoms with Gasteiger partial charge in [0, 0.05) is 72.7 Å². The van der Waals surface area contributed by atoms with E-state index in [1.165, 1.54) is 111 Å². The van der Waals surface area contributed by atoms with Crippen LogP contribution in [0.4, 0.5) is 0 Å². The van der Waals surface area contributed by atoms with E-state index in [9.17, 15) is 0 Å². The molecule has 0 spiro atoms. The zero-order chi connectivity index (χ0) is 35.1. The second kappa shape index (κ2) is 11.0. The summed E-state index contributed by atoms with van der Waals surface area (Å²) in [5, 5.41) is 7.86. The molecule has 8 aromatic carbocycles. The van der Waals surface area contributed by atoms with Crippen LogP contribution in [0.5, 0.6) is 0 Å². The molecule has 0 aliphatic carbocycles. The molecule has 2 aliphatic rings. The van der Waals surface area contributed by atoms with Crippen LogP contribution in [0.1, 0.15) is 0 Å². The number of para-hydroxylation sites is 3. The smallest absolute Gasteiger partial charge is 0.247 e. The third-order valence-electron chi connectivity index (χ3n) is 11.6. The third-order valence-corrected chi connectivity index (χ3v) is 15.1. The van der Waals surface area contributed by atoms with Crippen LogP contribution in [0, 0.1) is 0 Å². The number of aromatic nitrogens is 2. The van der Waals surface area contributed by atoms with E-state index in [4.69, 9.17) is 0 Å². The van der Waals surface area contributed by atoms with Gasteiger partial charge >= 0.3 is 0 Å². The molecule has 0 radical (unpaired) electrons. The quantitative estimate of drug-likeness (QED) is 0.163. The van der Waals surface area contributed by atoms with E-state index in [0.717, 1.165) is 0 Å². The molecule has 0 unspecified atom stereocenters. The second-order valence-electron chi connectivity index (χ2n) is 14.4. The van der Waals surface area contributed by atoms with Gasteiger partial charge in [-0.2, -0.15) is 0 Å². The monoisotopic (exact) mass is 738 g/mol. The van der Waals surface area contributed by atoms with Gasteiger partial charge in [0.2, 0.25) is 6.71 Å². The summed E-state index contributed by atoms with van der Waals surface area (Å²) in [6, 6.07) is 61.1. The Balaban J connectivity index is 1.24. The predicted octanol–water partition coefficient (Wildman–Crippen LogP) is 11.7. The first-order valence-corrected chi connectivity index (χ1v) is 20.8. The Morgan fingerprint density at radius 3 is 1.57 bits per heavy atom. The first-order valence-electron chi connectivity index (χ1n) is 18.4. The number of hydrogen-bond acceptors (Lipinski definition) is 3. The van der Waals surface area contributed by atoms with Crippen molar-refractivity contribution in [2.45, 2.75) is 19.6 Å². The first-order chi connectivity index (χ1) is 26.8. The molecule has 2 nitrogen and oxygen atoms in total. The van der Waals surface area contributed by atoms with E-state index < -0.39 is 0 Å². The van der Waals surface area contributed by atoms with Gasteiger partial charge in [-0.3, -0.25) is 0 Å². The number of rotatable bonds is 2. The molecule has 5 heterocycles. The van der Waals surface area contributed by atoms with Crippen molar-refractivity contribution in [1.29, 1.82) is 0 Å². The Morgan fingerprint density at radius 1 is 0.407 bits per heavy atom. The first kappa shape index (κ1) is 29.8. The lowest BCUT2D eigenvalue weighted by Crippen LogP contribution is -2.58. The Morgan fingerprint density at radius 2 is 0.907 bits per heavy atom. The maximum absolute atomic E-state index is 2.60. The van der Waals surface area contributed by atoms with Crippen LogP contribution in [0.2, 0.25) is 0 Å². The molecule has 250 valence electrons. The molecule has 0 N–H and O–H groups in total. The summed E-state index contributed by atoms with van der Waals surface area (Å²) in [5.74, 6) is 0. The van der Waals surface area contributed by atoms with E-state index in [0.29, 0.717) is 0 Å². The molecule has 13 rings (SSSR count). The highest BCUT2D eigenvalue weighted by Crippen LogP contribution is 2.51. The van der Waals surface area contributed by atoms with Crippen LogP contribution in [0.3, 0.4) is 0 Å². The van der Waals surface area contributed by atoms with Gasteiger partial charge in [0.05, 0.1) is 22.1 Å². The van der Waals surface area contributed by atoms with E-state index >= 15 is 0 Å². The van der Waals surface area contributed by atoms with Crippen LogP contribution in [-0.2, 0) is 0 Å². The van der Waals surface area contributed by atoms with Gasteiger partial charge in [0.25, 0.3) is 0 Å². The summed E-state index contributed by atoms with van der Waals surface area (Å²) >= 11 is 5.79. The highest BCUT2D eigenvalue weighted by molar-refractivity contribution is 8.01. The van der Waals surface area contributed by atoms with Crippen molar-refractivity contribution in [2.24, 2.45) is 0 Å². The lowest BCUT2D eigenvalue weighted by atomic mass is 9.36. The minimum absolute atomic E-state index is 0.228. The van der Waals surface area contributed by atoms with Gasteiger partial charge in [0.1, 0.15) is 0 Å². The molecule has 6 heteroatoms. The molecule has 0 atom stereocenters. The number of nitrogens with zero attached hydrogens (tertiary/aromatic N) is 2. The summed E-state index contributed by atoms with van der Waals surface area (Å²) in [4.78, 5) is 5.40. The normalized spacial score (nSPS) is 13.4. The summed E-state index contributed by atoms with van der Waals surface area (Å²) in [6.45, 7) is 0.228. The Labute approximate surface area is 323 Å². The zero-order valence-electron chi connectivity index (χ0n) is 28.8. The molecule has 3 aromatic heterocycles. The SMILES string of the molecule is c1ccc(-n2c3ccccc3c3c4c(c5ccccc5n4-c4cc5c6c(c4)Sc4ccccc4B6c4ccccc4S5)c4sc5ccccc5c4c32)cc1. The van der Waals surface area contributed by atoms with Crippen molar-refractivity contribution >= 4 is 122 Å². The van der Waals surface area contributed by atoms with Crippen LogP contribution in [-0.4, -0.2) is 15.8 Å². The Kier molecular flexibility index (Phi) is 6.04. The Bertz CT molecular complexity index is 3340. The zero-order valence-corrected chi connectivity index (χ0v) is 31.2. The third kappa shape index (κ3) is 3.85. The Hall–Kier alpha value is -5.66. The minimum Gasteiger partial charge on any atom is -0.308 e. The fourth-order valence-corrected chi connectivity index (χ4v) is 13.2. The molecule has 0 amide bonds. The maximum Gasteiger partial charge on any atom is 0.247 e. The van der Waals surface area contributed by atoms with Crippen LogP contribution in [0.15, 0.2) is 183 Å². The highest BCUT2D eigenvalue weighted by Gasteiger charge is 2.38. The van der Waals surface area contributed by atoms with Gasteiger partial charge in [-0.15, -0.1) is 11.3 Å². The molecule has 54 heavy (non-hydrogen) atoms. The van der Waals surface area contributed by atoms with Crippen molar-refractivity contribution in [3.8, 4) is 11.4 Å². The van der Waals surface area contributed by atoms with Crippen molar-refractivity contribution < 1.29 is 0 Å². The molecule has 11 aromatic rings. The van der Waals surface area contributed by atoms with E-state index in [1.54, 1.807) is 0 Å². The lowest BCUT2D eigenvalue weighted by molar-refractivity contribution is 1.15. The molecule has 0 fully saturated rings. The van der Waals surface area contributed by atoms with E-state index in [-0.39, 0.29) is 6.71 Å². The lowest BCUT2D eigenvalue weighted by Gasteiger charge is -2.33. The van der Waals surface area contributed by atoms with Crippen molar-refractivity contribution in [3.63, 3.8) is 0 Å². The molecule has 0 saturated carbocycles.